The summed E-state index contributed by atoms with van der Waals surface area (Å²) in [6.45, 7) is -0.215. The summed E-state index contributed by atoms with van der Waals surface area (Å²) in [6.07, 6.45) is 2.47. The predicted octanol–water partition coefficient (Wildman–Crippen LogP) is 2.03. The van der Waals surface area contributed by atoms with Gasteiger partial charge in [0, 0.05) is 13.6 Å². The summed E-state index contributed by atoms with van der Waals surface area (Å²) in [5.74, 6) is -5.03. The van der Waals surface area contributed by atoms with Crippen LogP contribution in [0.4, 0.5) is 13.2 Å². The van der Waals surface area contributed by atoms with Gasteiger partial charge in [-0.3, -0.25) is 0 Å². The molecule has 0 unspecified atom stereocenters. The van der Waals surface area contributed by atoms with Crippen LogP contribution in [0.25, 0.3) is 0 Å². The molecule has 0 aromatic heterocycles. The molecule has 1 N–H and O–H groups in total. The average Bonchev–Trinajstić information content (AvgIpc) is 2.82. The standard InChI is InChI=1S/C13H16F3NO3S/c1-17(8-13(18)6-2-3-7-13)21(19,20)10-5-4-9(14)11(15)12(10)16/h4-5,18H,2-3,6-8H2,1H3. The van der Waals surface area contributed by atoms with E-state index in [1.807, 2.05) is 0 Å². The monoisotopic (exact) mass is 323 g/mol. The lowest BCUT2D eigenvalue weighted by Crippen LogP contribution is -2.42. The number of likely N-dealkylation sites (N-methyl/N-ethyl adjacent to an activating group) is 1. The largest absolute Gasteiger partial charge is 0.389 e. The van der Waals surface area contributed by atoms with E-state index >= 15 is 0 Å². The molecule has 0 amide bonds. The molecule has 1 aromatic carbocycles. The second kappa shape index (κ2) is 5.58. The maximum atomic E-state index is 13.6. The lowest BCUT2D eigenvalue weighted by Gasteiger charge is -2.28. The van der Waals surface area contributed by atoms with Crippen LogP contribution >= 0.6 is 0 Å². The van der Waals surface area contributed by atoms with E-state index in [1.54, 1.807) is 0 Å². The smallest absolute Gasteiger partial charge is 0.245 e. The first-order chi connectivity index (χ1) is 9.67. The molecule has 4 nitrogen and oxygen atoms in total. The summed E-state index contributed by atoms with van der Waals surface area (Å²) in [7, 11) is -3.17. The van der Waals surface area contributed by atoms with E-state index in [1.165, 1.54) is 7.05 Å². The molecule has 0 spiro atoms. The third-order valence-electron chi connectivity index (χ3n) is 3.74. The predicted molar refractivity (Wildman–Crippen MR) is 69.5 cm³/mol. The highest BCUT2D eigenvalue weighted by Crippen LogP contribution is 2.31. The van der Waals surface area contributed by atoms with Crippen LogP contribution in [-0.2, 0) is 10.0 Å². The van der Waals surface area contributed by atoms with Gasteiger partial charge in [0.1, 0.15) is 4.90 Å². The molecular weight excluding hydrogens is 307 g/mol. The van der Waals surface area contributed by atoms with Gasteiger partial charge in [-0.25, -0.2) is 21.6 Å². The highest BCUT2D eigenvalue weighted by atomic mass is 32.2. The number of hydrogen-bond acceptors (Lipinski definition) is 3. The van der Waals surface area contributed by atoms with E-state index < -0.39 is 38.0 Å². The van der Waals surface area contributed by atoms with Crippen molar-refractivity contribution in [2.24, 2.45) is 0 Å². The molecule has 0 heterocycles. The Bertz CT molecular complexity index is 642. The molecule has 1 saturated carbocycles. The maximum Gasteiger partial charge on any atom is 0.245 e. The zero-order valence-electron chi connectivity index (χ0n) is 11.4. The van der Waals surface area contributed by atoms with Crippen LogP contribution in [-0.4, -0.2) is 37.0 Å². The van der Waals surface area contributed by atoms with Crippen LogP contribution in [0.3, 0.4) is 0 Å². The topological polar surface area (TPSA) is 57.6 Å². The molecule has 21 heavy (non-hydrogen) atoms. The van der Waals surface area contributed by atoms with Crippen molar-refractivity contribution in [2.75, 3.05) is 13.6 Å². The maximum absolute atomic E-state index is 13.6. The molecule has 1 aliphatic carbocycles. The summed E-state index contributed by atoms with van der Waals surface area (Å²) < 4.78 is 64.9. The molecule has 118 valence electrons. The van der Waals surface area contributed by atoms with E-state index in [-0.39, 0.29) is 6.54 Å². The van der Waals surface area contributed by atoms with Gasteiger partial charge in [-0.2, -0.15) is 4.31 Å². The summed E-state index contributed by atoms with van der Waals surface area (Å²) in [4.78, 5) is -0.939. The normalized spacial score (nSPS) is 18.4. The Labute approximate surface area is 121 Å². The second-order valence-corrected chi connectivity index (χ2v) is 7.38. The Balaban J connectivity index is 2.31. The lowest BCUT2D eigenvalue weighted by molar-refractivity contribution is 0.0333. The molecule has 2 rings (SSSR count). The van der Waals surface area contributed by atoms with Crippen molar-refractivity contribution < 1.29 is 26.7 Å². The lowest BCUT2D eigenvalue weighted by atomic mass is 10.0. The minimum Gasteiger partial charge on any atom is -0.389 e. The highest BCUT2D eigenvalue weighted by molar-refractivity contribution is 7.89. The summed E-state index contributed by atoms with van der Waals surface area (Å²) in [6, 6.07) is 1.24. The molecule has 8 heteroatoms. The van der Waals surface area contributed by atoms with E-state index in [0.717, 1.165) is 17.1 Å². The van der Waals surface area contributed by atoms with E-state index in [2.05, 4.69) is 0 Å². The average molecular weight is 323 g/mol. The van der Waals surface area contributed by atoms with Gasteiger partial charge in [-0.15, -0.1) is 0 Å². The van der Waals surface area contributed by atoms with Crippen LogP contribution < -0.4 is 0 Å². The second-order valence-electron chi connectivity index (χ2n) is 5.37. The molecule has 0 saturated heterocycles. The molecule has 0 radical (unpaired) electrons. The van der Waals surface area contributed by atoms with Crippen LogP contribution in [0.15, 0.2) is 17.0 Å². The van der Waals surface area contributed by atoms with Crippen molar-refractivity contribution >= 4 is 10.0 Å². The van der Waals surface area contributed by atoms with Gasteiger partial charge in [0.15, 0.2) is 17.5 Å². The molecule has 0 atom stereocenters. The Hall–Kier alpha value is -1.12. The Morgan fingerprint density at radius 1 is 1.19 bits per heavy atom. The van der Waals surface area contributed by atoms with Gasteiger partial charge in [0.05, 0.1) is 5.60 Å². The third kappa shape index (κ3) is 3.07. The van der Waals surface area contributed by atoms with Gasteiger partial charge in [-0.05, 0) is 25.0 Å². The number of sulfonamides is 1. The first kappa shape index (κ1) is 16.3. The van der Waals surface area contributed by atoms with Gasteiger partial charge in [-0.1, -0.05) is 12.8 Å². The van der Waals surface area contributed by atoms with Crippen molar-refractivity contribution in [1.82, 2.24) is 4.31 Å². The van der Waals surface area contributed by atoms with Crippen LogP contribution in [0.5, 0.6) is 0 Å². The molecule has 0 aliphatic heterocycles. The summed E-state index contributed by atoms with van der Waals surface area (Å²) in [5.41, 5.74) is -1.16. The SMILES string of the molecule is CN(CC1(O)CCCC1)S(=O)(=O)c1ccc(F)c(F)c1F. The Morgan fingerprint density at radius 2 is 1.76 bits per heavy atom. The minimum absolute atomic E-state index is 0.215. The first-order valence-corrected chi connectivity index (χ1v) is 7.94. The van der Waals surface area contributed by atoms with Gasteiger partial charge >= 0.3 is 0 Å². The number of rotatable bonds is 4. The molecule has 1 fully saturated rings. The fourth-order valence-electron chi connectivity index (χ4n) is 2.57. The van der Waals surface area contributed by atoms with Gasteiger partial charge in [0.25, 0.3) is 0 Å². The fourth-order valence-corrected chi connectivity index (χ4v) is 3.87. The van der Waals surface area contributed by atoms with Crippen LogP contribution in [0, 0.1) is 17.5 Å². The van der Waals surface area contributed by atoms with Crippen molar-refractivity contribution in [3.05, 3.63) is 29.6 Å². The number of nitrogens with zero attached hydrogens (tertiary/aromatic N) is 1. The van der Waals surface area contributed by atoms with Gasteiger partial charge < -0.3 is 5.11 Å². The van der Waals surface area contributed by atoms with Crippen LogP contribution in [0.2, 0.25) is 0 Å². The highest BCUT2D eigenvalue weighted by Gasteiger charge is 2.37. The van der Waals surface area contributed by atoms with Crippen molar-refractivity contribution in [1.29, 1.82) is 0 Å². The number of hydrogen-bond donors (Lipinski definition) is 1. The molecular formula is C13H16F3NO3S. The number of halogens is 3. The third-order valence-corrected chi connectivity index (χ3v) is 5.56. The first-order valence-electron chi connectivity index (χ1n) is 6.50. The molecule has 1 aliphatic rings. The van der Waals surface area contributed by atoms with E-state index in [9.17, 15) is 26.7 Å². The van der Waals surface area contributed by atoms with Crippen molar-refractivity contribution in [2.45, 2.75) is 36.2 Å². The van der Waals surface area contributed by atoms with Crippen molar-refractivity contribution in [3.63, 3.8) is 0 Å². The number of benzene rings is 1. The zero-order chi connectivity index (χ0) is 15.8. The summed E-state index contributed by atoms with van der Waals surface area (Å²) in [5, 5.41) is 10.2. The summed E-state index contributed by atoms with van der Waals surface area (Å²) >= 11 is 0. The molecule has 1 aromatic rings. The zero-order valence-corrected chi connectivity index (χ0v) is 12.3. The van der Waals surface area contributed by atoms with E-state index in [4.69, 9.17) is 0 Å². The van der Waals surface area contributed by atoms with E-state index in [0.29, 0.717) is 25.0 Å². The fraction of sp³-hybridized carbons (Fsp3) is 0.538. The quantitative estimate of drug-likeness (QED) is 0.863. The number of aliphatic hydroxyl groups is 1. The van der Waals surface area contributed by atoms with Crippen LogP contribution in [0.1, 0.15) is 25.7 Å². The van der Waals surface area contributed by atoms with Gasteiger partial charge in [0.2, 0.25) is 10.0 Å². The minimum atomic E-state index is -4.34. The van der Waals surface area contributed by atoms with Crippen molar-refractivity contribution in [3.8, 4) is 0 Å². The molecule has 0 bridgehead atoms. The Morgan fingerprint density at radius 3 is 2.33 bits per heavy atom. The Kier molecular flexibility index (Phi) is 4.32.